The fourth-order valence-corrected chi connectivity index (χ4v) is 3.79. The van der Waals surface area contributed by atoms with Crippen molar-refractivity contribution in [3.63, 3.8) is 0 Å². The van der Waals surface area contributed by atoms with Crippen LogP contribution in [0, 0.1) is 5.92 Å². The van der Waals surface area contributed by atoms with Crippen molar-refractivity contribution in [2.45, 2.75) is 18.9 Å². The summed E-state index contributed by atoms with van der Waals surface area (Å²) in [7, 11) is 7.84. The van der Waals surface area contributed by atoms with Crippen molar-refractivity contribution in [2.24, 2.45) is 13.0 Å². The van der Waals surface area contributed by atoms with Crippen LogP contribution in [0.2, 0.25) is 0 Å². The van der Waals surface area contributed by atoms with Crippen molar-refractivity contribution >= 4 is 11.7 Å². The second kappa shape index (κ2) is 7.82. The molecule has 1 saturated heterocycles. The van der Waals surface area contributed by atoms with Crippen LogP contribution in [0.25, 0.3) is 0 Å². The monoisotopic (exact) mass is 357 g/mol. The Morgan fingerprint density at radius 1 is 1.35 bits per heavy atom. The molecule has 0 spiro atoms. The van der Waals surface area contributed by atoms with Gasteiger partial charge in [-0.2, -0.15) is 0 Å². The van der Waals surface area contributed by atoms with Gasteiger partial charge in [-0.3, -0.25) is 9.69 Å². The number of amides is 1. The molecule has 2 aromatic heterocycles. The molecule has 8 heteroatoms. The van der Waals surface area contributed by atoms with Gasteiger partial charge in [0.1, 0.15) is 0 Å². The molecule has 0 aromatic carbocycles. The minimum atomic E-state index is -0.225. The number of nitrogens with zero attached hydrogens (tertiary/aromatic N) is 6. The molecule has 0 bridgehead atoms. The third kappa shape index (κ3) is 3.70. The van der Waals surface area contributed by atoms with Crippen LogP contribution in [0.3, 0.4) is 0 Å². The van der Waals surface area contributed by atoms with Crippen molar-refractivity contribution in [1.82, 2.24) is 30.0 Å². The molecule has 26 heavy (non-hydrogen) atoms. The van der Waals surface area contributed by atoms with E-state index in [9.17, 15) is 4.79 Å². The van der Waals surface area contributed by atoms with E-state index in [0.29, 0.717) is 17.7 Å². The largest absolute Gasteiger partial charge is 0.358 e. The van der Waals surface area contributed by atoms with Crippen molar-refractivity contribution < 1.29 is 4.79 Å². The first-order chi connectivity index (χ1) is 12.5. The summed E-state index contributed by atoms with van der Waals surface area (Å²) < 4.78 is 2.11. The molecule has 1 aliphatic heterocycles. The van der Waals surface area contributed by atoms with Gasteiger partial charge in [-0.05, 0) is 44.5 Å². The van der Waals surface area contributed by atoms with E-state index in [2.05, 4.69) is 49.0 Å². The summed E-state index contributed by atoms with van der Waals surface area (Å²) in [6, 6.07) is 3.89. The van der Waals surface area contributed by atoms with Gasteiger partial charge < -0.3 is 14.8 Å². The summed E-state index contributed by atoms with van der Waals surface area (Å²) in [5.74, 6) is 1.01. The first kappa shape index (κ1) is 18.3. The average Bonchev–Trinajstić information content (AvgIpc) is 3.07. The molecule has 3 heterocycles. The molecule has 0 aliphatic carbocycles. The molecule has 1 N–H and O–H groups in total. The highest BCUT2D eigenvalue weighted by molar-refractivity contribution is 5.91. The summed E-state index contributed by atoms with van der Waals surface area (Å²) in [4.78, 5) is 20.4. The normalized spacial score (nSPS) is 20.8. The van der Waals surface area contributed by atoms with Crippen LogP contribution in [0.4, 0.5) is 5.82 Å². The molecule has 2 aromatic rings. The van der Waals surface area contributed by atoms with E-state index in [0.717, 1.165) is 25.3 Å². The average molecular weight is 357 g/mol. The van der Waals surface area contributed by atoms with Gasteiger partial charge in [0.2, 0.25) is 0 Å². The van der Waals surface area contributed by atoms with Crippen LogP contribution in [0.15, 0.2) is 24.7 Å². The van der Waals surface area contributed by atoms with Gasteiger partial charge in [-0.15, -0.1) is 10.2 Å². The number of carbonyl (C=O) groups is 1. The number of hydrogen-bond acceptors (Lipinski definition) is 6. The van der Waals surface area contributed by atoms with Gasteiger partial charge in [0.05, 0.1) is 18.1 Å². The van der Waals surface area contributed by atoms with Crippen LogP contribution in [0.5, 0.6) is 0 Å². The van der Waals surface area contributed by atoms with Gasteiger partial charge in [0.15, 0.2) is 11.5 Å². The fourth-order valence-electron chi connectivity index (χ4n) is 3.79. The molecule has 0 radical (unpaired) electrons. The summed E-state index contributed by atoms with van der Waals surface area (Å²) >= 11 is 0. The van der Waals surface area contributed by atoms with Gasteiger partial charge in [-0.1, -0.05) is 0 Å². The molecule has 1 fully saturated rings. The van der Waals surface area contributed by atoms with Gasteiger partial charge in [0.25, 0.3) is 5.91 Å². The number of likely N-dealkylation sites (tertiary alicyclic amines) is 1. The van der Waals surface area contributed by atoms with Gasteiger partial charge in [0, 0.05) is 33.9 Å². The topological polar surface area (TPSA) is 79.2 Å². The summed E-state index contributed by atoms with van der Waals surface area (Å²) in [6.07, 6.45) is 6.18. The van der Waals surface area contributed by atoms with E-state index in [4.69, 9.17) is 0 Å². The zero-order chi connectivity index (χ0) is 18.7. The lowest BCUT2D eigenvalue weighted by Crippen LogP contribution is -2.42. The van der Waals surface area contributed by atoms with Crippen LogP contribution >= 0.6 is 0 Å². The zero-order valence-corrected chi connectivity index (χ0v) is 15.9. The van der Waals surface area contributed by atoms with E-state index in [1.54, 1.807) is 13.1 Å². The standard InChI is InChI=1S/C18H27N7O/c1-19-18(26)14-7-8-16(22-21-14)24(3)11-13-6-5-9-23(2)17(13)15-10-20-12-25(15)4/h7-8,10,12-13,17H,5-6,9,11H2,1-4H3,(H,19,26)/t13-,17+/m0/s1. The maximum Gasteiger partial charge on any atom is 0.271 e. The van der Waals surface area contributed by atoms with E-state index in [1.807, 2.05) is 25.6 Å². The molecule has 1 aliphatic rings. The maximum atomic E-state index is 11.6. The predicted octanol–water partition coefficient (Wildman–Crippen LogP) is 1.09. The number of piperidine rings is 1. The Labute approximate surface area is 154 Å². The molecule has 140 valence electrons. The second-order valence-electron chi connectivity index (χ2n) is 6.99. The molecule has 3 rings (SSSR count). The van der Waals surface area contributed by atoms with E-state index >= 15 is 0 Å². The Kier molecular flexibility index (Phi) is 5.51. The number of rotatable bonds is 5. The first-order valence-electron chi connectivity index (χ1n) is 8.94. The lowest BCUT2D eigenvalue weighted by atomic mass is 9.87. The molecule has 2 atom stereocenters. The third-order valence-electron chi connectivity index (χ3n) is 5.17. The van der Waals surface area contributed by atoms with Crippen molar-refractivity contribution in [3.8, 4) is 0 Å². The fraction of sp³-hybridized carbons (Fsp3) is 0.556. The smallest absolute Gasteiger partial charge is 0.271 e. The summed E-state index contributed by atoms with van der Waals surface area (Å²) in [5, 5.41) is 10.8. The molecule has 0 saturated carbocycles. The minimum Gasteiger partial charge on any atom is -0.358 e. The third-order valence-corrected chi connectivity index (χ3v) is 5.17. The highest BCUT2D eigenvalue weighted by Crippen LogP contribution is 2.35. The van der Waals surface area contributed by atoms with Crippen molar-refractivity contribution in [3.05, 3.63) is 36.0 Å². The Morgan fingerprint density at radius 3 is 2.77 bits per heavy atom. The minimum absolute atomic E-state index is 0.225. The maximum absolute atomic E-state index is 11.6. The van der Waals surface area contributed by atoms with Gasteiger partial charge in [-0.25, -0.2) is 4.98 Å². The first-order valence-corrected chi connectivity index (χ1v) is 8.94. The predicted molar refractivity (Wildman–Crippen MR) is 100.0 cm³/mol. The molecule has 1 amide bonds. The van der Waals surface area contributed by atoms with Crippen LogP contribution in [0.1, 0.15) is 35.1 Å². The van der Waals surface area contributed by atoms with Crippen molar-refractivity contribution in [1.29, 1.82) is 0 Å². The molecule has 0 unspecified atom stereocenters. The Bertz CT molecular complexity index is 742. The number of nitrogens with one attached hydrogen (secondary N) is 1. The highest BCUT2D eigenvalue weighted by Gasteiger charge is 2.33. The van der Waals surface area contributed by atoms with Crippen molar-refractivity contribution in [2.75, 3.05) is 39.1 Å². The second-order valence-corrected chi connectivity index (χ2v) is 6.99. The Balaban J connectivity index is 1.75. The van der Waals surface area contributed by atoms with Crippen LogP contribution in [-0.2, 0) is 7.05 Å². The number of aromatic nitrogens is 4. The highest BCUT2D eigenvalue weighted by atomic mass is 16.1. The van der Waals surface area contributed by atoms with E-state index in [-0.39, 0.29) is 5.91 Å². The SMILES string of the molecule is CNC(=O)c1ccc(N(C)C[C@@H]2CCCN(C)[C@H]2c2cncn2C)nn1. The Morgan fingerprint density at radius 2 is 2.15 bits per heavy atom. The van der Waals surface area contributed by atoms with Crippen LogP contribution < -0.4 is 10.2 Å². The molecule has 8 nitrogen and oxygen atoms in total. The Hall–Kier alpha value is -2.48. The van der Waals surface area contributed by atoms with E-state index < -0.39 is 0 Å². The molecular formula is C18H27N7O. The number of imidazole rings is 1. The number of carbonyl (C=O) groups excluding carboxylic acids is 1. The summed E-state index contributed by atoms with van der Waals surface area (Å²) in [6.45, 7) is 1.96. The quantitative estimate of drug-likeness (QED) is 0.863. The lowest BCUT2D eigenvalue weighted by molar-refractivity contribution is 0.0957. The zero-order valence-electron chi connectivity index (χ0n) is 15.9. The number of anilines is 1. The lowest BCUT2D eigenvalue weighted by Gasteiger charge is -2.40. The van der Waals surface area contributed by atoms with Crippen LogP contribution in [-0.4, -0.2) is 64.8 Å². The van der Waals surface area contributed by atoms with Gasteiger partial charge >= 0.3 is 0 Å². The number of hydrogen-bond donors (Lipinski definition) is 1. The number of aryl methyl sites for hydroxylation is 1. The molecular weight excluding hydrogens is 330 g/mol. The summed E-state index contributed by atoms with van der Waals surface area (Å²) in [5.41, 5.74) is 1.57. The van der Waals surface area contributed by atoms with E-state index in [1.165, 1.54) is 12.1 Å².